The number of aryl methyl sites for hydroxylation is 2. The van der Waals surface area contributed by atoms with Crippen LogP contribution in [0.5, 0.6) is 0 Å². The van der Waals surface area contributed by atoms with Crippen molar-refractivity contribution < 1.29 is 0 Å². The molecular formula is C17H20. The molecule has 0 bridgehead atoms. The van der Waals surface area contributed by atoms with E-state index < -0.39 is 0 Å². The van der Waals surface area contributed by atoms with E-state index in [9.17, 15) is 0 Å². The Bertz CT molecular complexity index is 521. The molecule has 0 unspecified atom stereocenters. The number of rotatable bonds is 2. The Kier molecular flexibility index (Phi) is 3.33. The van der Waals surface area contributed by atoms with Crippen molar-refractivity contribution in [2.45, 2.75) is 33.6 Å². The van der Waals surface area contributed by atoms with Gasteiger partial charge in [0.05, 0.1) is 0 Å². The van der Waals surface area contributed by atoms with Gasteiger partial charge in [0.25, 0.3) is 0 Å². The molecule has 0 N–H and O–H groups in total. The monoisotopic (exact) mass is 224 g/mol. The maximum atomic E-state index is 2.31. The Morgan fingerprint density at radius 3 is 2.18 bits per heavy atom. The molecule has 0 amide bonds. The second-order valence-corrected chi connectivity index (χ2v) is 5.06. The number of hydrogen-bond acceptors (Lipinski definition) is 0. The van der Waals surface area contributed by atoms with E-state index in [0.717, 1.165) is 0 Å². The predicted octanol–water partition coefficient (Wildman–Crippen LogP) is 5.09. The Morgan fingerprint density at radius 2 is 1.53 bits per heavy atom. The first-order valence-corrected chi connectivity index (χ1v) is 6.26. The van der Waals surface area contributed by atoms with Crippen LogP contribution in [0.4, 0.5) is 0 Å². The molecule has 0 heterocycles. The highest BCUT2D eigenvalue weighted by atomic mass is 14.1. The van der Waals surface area contributed by atoms with Crippen molar-refractivity contribution in [3.05, 3.63) is 59.2 Å². The summed E-state index contributed by atoms with van der Waals surface area (Å²) >= 11 is 0. The van der Waals surface area contributed by atoms with Crippen LogP contribution in [-0.2, 0) is 0 Å². The van der Waals surface area contributed by atoms with Crippen molar-refractivity contribution in [3.8, 4) is 11.1 Å². The highest BCUT2D eigenvalue weighted by Crippen LogP contribution is 2.31. The molecule has 0 aliphatic carbocycles. The van der Waals surface area contributed by atoms with Gasteiger partial charge in [-0.15, -0.1) is 0 Å². The third kappa shape index (κ3) is 2.41. The third-order valence-corrected chi connectivity index (χ3v) is 3.26. The Balaban J connectivity index is 2.63. The van der Waals surface area contributed by atoms with E-state index in [1.165, 1.54) is 27.8 Å². The van der Waals surface area contributed by atoms with Crippen molar-refractivity contribution in [2.75, 3.05) is 0 Å². The van der Waals surface area contributed by atoms with Crippen LogP contribution in [0.1, 0.15) is 36.5 Å². The summed E-state index contributed by atoms with van der Waals surface area (Å²) < 4.78 is 0. The summed E-state index contributed by atoms with van der Waals surface area (Å²) in [4.78, 5) is 0. The lowest BCUT2D eigenvalue weighted by Gasteiger charge is -2.15. The van der Waals surface area contributed by atoms with Crippen LogP contribution >= 0.6 is 0 Å². The molecule has 0 aliphatic rings. The van der Waals surface area contributed by atoms with Crippen LogP contribution in [-0.4, -0.2) is 0 Å². The van der Waals surface area contributed by atoms with Gasteiger partial charge in [-0.25, -0.2) is 0 Å². The highest BCUT2D eigenvalue weighted by Gasteiger charge is 2.10. The fraction of sp³-hybridized carbons (Fsp3) is 0.294. The normalized spacial score (nSPS) is 10.9. The summed E-state index contributed by atoms with van der Waals surface area (Å²) in [5.74, 6) is 0.560. The molecule has 0 aromatic heterocycles. The largest absolute Gasteiger partial charge is 0.0620 e. The predicted molar refractivity (Wildman–Crippen MR) is 75.4 cm³/mol. The molecule has 0 fully saturated rings. The quantitative estimate of drug-likeness (QED) is 0.666. The number of benzene rings is 2. The molecule has 88 valence electrons. The van der Waals surface area contributed by atoms with Gasteiger partial charge in [0.2, 0.25) is 0 Å². The average Bonchev–Trinajstić information content (AvgIpc) is 2.30. The van der Waals surface area contributed by atoms with Gasteiger partial charge in [-0.3, -0.25) is 0 Å². The lowest BCUT2D eigenvalue weighted by molar-refractivity contribution is 0.867. The van der Waals surface area contributed by atoms with Crippen LogP contribution in [0.2, 0.25) is 0 Å². The lowest BCUT2D eigenvalue weighted by atomic mass is 9.89. The van der Waals surface area contributed by atoms with Gasteiger partial charge in [0.15, 0.2) is 0 Å². The van der Waals surface area contributed by atoms with E-state index in [2.05, 4.69) is 70.2 Å². The summed E-state index contributed by atoms with van der Waals surface area (Å²) in [6.07, 6.45) is 0. The Morgan fingerprint density at radius 1 is 0.824 bits per heavy atom. The van der Waals surface area contributed by atoms with Gasteiger partial charge in [-0.2, -0.15) is 0 Å². The summed E-state index contributed by atoms with van der Waals surface area (Å²) in [5, 5.41) is 0. The zero-order valence-corrected chi connectivity index (χ0v) is 11.1. The number of hydrogen-bond donors (Lipinski definition) is 0. The van der Waals surface area contributed by atoms with Crippen LogP contribution in [0.15, 0.2) is 42.5 Å². The van der Waals surface area contributed by atoms with E-state index in [1.807, 2.05) is 0 Å². The topological polar surface area (TPSA) is 0 Å². The Labute approximate surface area is 104 Å². The first kappa shape index (κ1) is 11.9. The van der Waals surface area contributed by atoms with E-state index in [4.69, 9.17) is 0 Å². The van der Waals surface area contributed by atoms with Gasteiger partial charge in [-0.1, -0.05) is 61.9 Å². The van der Waals surface area contributed by atoms with Crippen molar-refractivity contribution in [2.24, 2.45) is 0 Å². The van der Waals surface area contributed by atoms with Crippen LogP contribution in [0, 0.1) is 13.8 Å². The van der Waals surface area contributed by atoms with E-state index >= 15 is 0 Å². The molecule has 0 nitrogen and oxygen atoms in total. The van der Waals surface area contributed by atoms with Gasteiger partial charge in [0, 0.05) is 0 Å². The molecule has 2 rings (SSSR count). The third-order valence-electron chi connectivity index (χ3n) is 3.26. The maximum absolute atomic E-state index is 2.31. The minimum atomic E-state index is 0.560. The van der Waals surface area contributed by atoms with Crippen LogP contribution in [0.3, 0.4) is 0 Å². The van der Waals surface area contributed by atoms with Gasteiger partial charge < -0.3 is 0 Å². The molecule has 0 atom stereocenters. The highest BCUT2D eigenvalue weighted by molar-refractivity contribution is 5.71. The van der Waals surface area contributed by atoms with Gasteiger partial charge in [0.1, 0.15) is 0 Å². The van der Waals surface area contributed by atoms with Crippen molar-refractivity contribution in [1.82, 2.24) is 0 Å². The molecule has 0 saturated carbocycles. The molecular weight excluding hydrogens is 204 g/mol. The zero-order valence-electron chi connectivity index (χ0n) is 11.1. The molecule has 0 spiro atoms. The molecule has 0 heteroatoms. The van der Waals surface area contributed by atoms with E-state index in [1.54, 1.807) is 0 Å². The fourth-order valence-corrected chi connectivity index (χ4v) is 2.28. The maximum Gasteiger partial charge on any atom is -0.0146 e. The molecule has 0 aliphatic heterocycles. The van der Waals surface area contributed by atoms with E-state index in [0.29, 0.717) is 5.92 Å². The second kappa shape index (κ2) is 4.75. The Hall–Kier alpha value is -1.56. The average molecular weight is 224 g/mol. The molecule has 17 heavy (non-hydrogen) atoms. The van der Waals surface area contributed by atoms with Crippen molar-refractivity contribution >= 4 is 0 Å². The summed E-state index contributed by atoms with van der Waals surface area (Å²) in [7, 11) is 0. The van der Waals surface area contributed by atoms with Crippen LogP contribution < -0.4 is 0 Å². The minimum absolute atomic E-state index is 0.560. The summed E-state index contributed by atoms with van der Waals surface area (Å²) in [5.41, 5.74) is 6.86. The van der Waals surface area contributed by atoms with Crippen LogP contribution in [0.25, 0.3) is 11.1 Å². The minimum Gasteiger partial charge on any atom is -0.0620 e. The zero-order chi connectivity index (χ0) is 12.4. The summed E-state index contributed by atoms with van der Waals surface area (Å²) in [6, 6.07) is 15.4. The van der Waals surface area contributed by atoms with Gasteiger partial charge in [-0.05, 0) is 42.0 Å². The SMILES string of the molecule is Cc1ccc(-c2ccccc2C)c(C(C)C)c1. The van der Waals surface area contributed by atoms with Crippen molar-refractivity contribution in [3.63, 3.8) is 0 Å². The van der Waals surface area contributed by atoms with E-state index in [-0.39, 0.29) is 0 Å². The van der Waals surface area contributed by atoms with Crippen molar-refractivity contribution in [1.29, 1.82) is 0 Å². The molecule has 0 radical (unpaired) electrons. The van der Waals surface area contributed by atoms with Gasteiger partial charge >= 0.3 is 0 Å². The molecule has 0 saturated heterocycles. The lowest BCUT2D eigenvalue weighted by Crippen LogP contribution is -1.94. The molecule has 2 aromatic carbocycles. The smallest absolute Gasteiger partial charge is 0.0146 e. The summed E-state index contributed by atoms with van der Waals surface area (Å²) in [6.45, 7) is 8.86. The fourth-order valence-electron chi connectivity index (χ4n) is 2.28. The molecule has 2 aromatic rings. The first-order valence-electron chi connectivity index (χ1n) is 6.26. The first-order chi connectivity index (χ1) is 8.09. The standard InChI is InChI=1S/C17H20/c1-12(2)17-11-13(3)9-10-16(17)15-8-6-5-7-14(15)4/h5-12H,1-4H3. The second-order valence-electron chi connectivity index (χ2n) is 5.06.